The van der Waals surface area contributed by atoms with Gasteiger partial charge in [0.05, 0.1) is 11.2 Å². The lowest BCUT2D eigenvalue weighted by molar-refractivity contribution is -0.166. The van der Waals surface area contributed by atoms with Crippen LogP contribution in [0.4, 0.5) is 13.2 Å². The Hall–Kier alpha value is -1.56. The minimum absolute atomic E-state index is 0.140. The van der Waals surface area contributed by atoms with Crippen LogP contribution in [0.5, 0.6) is 0 Å². The Bertz CT molecular complexity index is 611. The minimum Gasteiger partial charge on any atom is -0.298 e. The molecule has 6 heteroatoms. The predicted molar refractivity (Wildman–Crippen MR) is 65.6 cm³/mol. The summed E-state index contributed by atoms with van der Waals surface area (Å²) in [6.07, 6.45) is -3.87. The van der Waals surface area contributed by atoms with Gasteiger partial charge in [0.15, 0.2) is 0 Å². The van der Waals surface area contributed by atoms with Crippen LogP contribution in [0, 0.1) is 0 Å². The molecule has 2 aromatic rings. The summed E-state index contributed by atoms with van der Waals surface area (Å²) in [5.74, 6) is 0. The zero-order valence-corrected chi connectivity index (χ0v) is 10.5. The number of hydrogen-bond donors (Lipinski definition) is 1. The fourth-order valence-electron chi connectivity index (χ4n) is 2.36. The zero-order chi connectivity index (χ0) is 13.7. The van der Waals surface area contributed by atoms with Gasteiger partial charge in [0.25, 0.3) is 0 Å². The normalized spacial score (nSPS) is 17.9. The molecule has 1 N–H and O–H groups in total. The quantitative estimate of drug-likeness (QED) is 0.928. The van der Waals surface area contributed by atoms with Crippen molar-refractivity contribution in [2.45, 2.75) is 31.1 Å². The molecule has 0 saturated heterocycles. The van der Waals surface area contributed by atoms with E-state index in [0.717, 1.165) is 10.9 Å². The van der Waals surface area contributed by atoms with E-state index in [2.05, 4.69) is 10.4 Å². The number of fused-ring (bicyclic) bond motifs is 1. The van der Waals surface area contributed by atoms with Gasteiger partial charge >= 0.3 is 6.18 Å². The molecule has 1 fully saturated rings. The number of benzene rings is 1. The average molecular weight is 269 g/mol. The van der Waals surface area contributed by atoms with Gasteiger partial charge in [-0.2, -0.15) is 18.3 Å². The standard InChI is InChI=1S/C13H14F3N3/c1-19-11-5-3-2-4-9(11)10(18-19)8-17-12(6-7-12)13(14,15)16/h2-5,17H,6-8H2,1H3. The molecule has 0 unspecified atom stereocenters. The van der Waals surface area contributed by atoms with Crippen molar-refractivity contribution in [3.05, 3.63) is 30.0 Å². The van der Waals surface area contributed by atoms with Crippen LogP contribution < -0.4 is 5.32 Å². The second-order valence-corrected chi connectivity index (χ2v) is 5.02. The van der Waals surface area contributed by atoms with Crippen molar-refractivity contribution in [1.29, 1.82) is 0 Å². The van der Waals surface area contributed by atoms with Crippen molar-refractivity contribution in [3.63, 3.8) is 0 Å². The lowest BCUT2D eigenvalue weighted by Gasteiger charge is -2.20. The van der Waals surface area contributed by atoms with E-state index < -0.39 is 11.7 Å². The minimum atomic E-state index is -4.18. The van der Waals surface area contributed by atoms with Crippen LogP contribution >= 0.6 is 0 Å². The zero-order valence-electron chi connectivity index (χ0n) is 10.5. The highest BCUT2D eigenvalue weighted by molar-refractivity contribution is 5.81. The molecule has 1 aromatic heterocycles. The summed E-state index contributed by atoms with van der Waals surface area (Å²) < 4.78 is 40.2. The van der Waals surface area contributed by atoms with Gasteiger partial charge in [-0.1, -0.05) is 18.2 Å². The monoisotopic (exact) mass is 269 g/mol. The van der Waals surface area contributed by atoms with E-state index in [-0.39, 0.29) is 19.4 Å². The Morgan fingerprint density at radius 1 is 1.32 bits per heavy atom. The second kappa shape index (κ2) is 3.96. The molecule has 0 amide bonds. The largest absolute Gasteiger partial charge is 0.406 e. The molecule has 19 heavy (non-hydrogen) atoms. The summed E-state index contributed by atoms with van der Waals surface area (Å²) in [5.41, 5.74) is -0.101. The molecule has 1 aliphatic rings. The van der Waals surface area contributed by atoms with Gasteiger partial charge in [-0.15, -0.1) is 0 Å². The Labute approximate surface area is 108 Å². The van der Waals surface area contributed by atoms with Crippen LogP contribution in [0.25, 0.3) is 10.9 Å². The summed E-state index contributed by atoms with van der Waals surface area (Å²) in [6.45, 7) is 0.140. The Morgan fingerprint density at radius 3 is 2.63 bits per heavy atom. The summed E-state index contributed by atoms with van der Waals surface area (Å²) in [5, 5.41) is 7.82. The number of aryl methyl sites for hydroxylation is 1. The Balaban J connectivity index is 1.84. The summed E-state index contributed by atoms with van der Waals surface area (Å²) in [6, 6.07) is 7.54. The van der Waals surface area contributed by atoms with Crippen LogP contribution in [0.1, 0.15) is 18.5 Å². The molecule has 0 radical (unpaired) electrons. The lowest BCUT2D eigenvalue weighted by Crippen LogP contribution is -2.44. The number of rotatable bonds is 3. The smallest absolute Gasteiger partial charge is 0.298 e. The van der Waals surface area contributed by atoms with Gasteiger partial charge in [0.2, 0.25) is 0 Å². The lowest BCUT2D eigenvalue weighted by atomic mass is 10.2. The molecule has 1 aliphatic carbocycles. The molecule has 3 rings (SSSR count). The van der Waals surface area contributed by atoms with Crippen molar-refractivity contribution in [2.75, 3.05) is 0 Å². The van der Waals surface area contributed by atoms with Crippen molar-refractivity contribution in [2.24, 2.45) is 7.05 Å². The van der Waals surface area contributed by atoms with E-state index >= 15 is 0 Å². The summed E-state index contributed by atoms with van der Waals surface area (Å²) in [7, 11) is 1.79. The maximum Gasteiger partial charge on any atom is 0.406 e. The highest BCUT2D eigenvalue weighted by atomic mass is 19.4. The van der Waals surface area contributed by atoms with Crippen molar-refractivity contribution in [1.82, 2.24) is 15.1 Å². The highest BCUT2D eigenvalue weighted by Crippen LogP contribution is 2.49. The number of hydrogen-bond acceptors (Lipinski definition) is 2. The molecule has 0 atom stereocenters. The first kappa shape index (κ1) is 12.5. The molecule has 0 aliphatic heterocycles. The molecule has 1 saturated carbocycles. The molecule has 102 valence electrons. The van der Waals surface area contributed by atoms with E-state index in [1.165, 1.54) is 0 Å². The Morgan fingerprint density at radius 2 is 2.00 bits per heavy atom. The number of aromatic nitrogens is 2. The van der Waals surface area contributed by atoms with Crippen molar-refractivity contribution < 1.29 is 13.2 Å². The number of nitrogens with zero attached hydrogens (tertiary/aromatic N) is 2. The third-order valence-corrected chi connectivity index (χ3v) is 3.72. The number of alkyl halides is 3. The first-order valence-electron chi connectivity index (χ1n) is 6.15. The first-order chi connectivity index (χ1) is 8.93. The Kier molecular flexibility index (Phi) is 2.60. The van der Waals surface area contributed by atoms with Crippen LogP contribution in [0.3, 0.4) is 0 Å². The first-order valence-corrected chi connectivity index (χ1v) is 6.15. The van der Waals surface area contributed by atoms with Crippen LogP contribution in [-0.2, 0) is 13.6 Å². The molecular weight excluding hydrogens is 255 g/mol. The van der Waals surface area contributed by atoms with Gasteiger partial charge in [0, 0.05) is 19.0 Å². The van der Waals surface area contributed by atoms with E-state index in [9.17, 15) is 13.2 Å². The number of nitrogens with one attached hydrogen (secondary N) is 1. The predicted octanol–water partition coefficient (Wildman–Crippen LogP) is 2.76. The van der Waals surface area contributed by atoms with E-state index in [0.29, 0.717) is 5.69 Å². The van der Waals surface area contributed by atoms with Crippen molar-refractivity contribution in [3.8, 4) is 0 Å². The SMILES string of the molecule is Cn1nc(CNC2(C(F)(F)F)CC2)c2ccccc21. The topological polar surface area (TPSA) is 29.9 Å². The van der Waals surface area contributed by atoms with Crippen LogP contribution in [0.2, 0.25) is 0 Å². The second-order valence-electron chi connectivity index (χ2n) is 5.02. The van der Waals surface area contributed by atoms with Gasteiger partial charge < -0.3 is 0 Å². The molecule has 3 nitrogen and oxygen atoms in total. The average Bonchev–Trinajstić information content (AvgIpc) is 3.09. The molecule has 1 heterocycles. The van der Waals surface area contributed by atoms with Gasteiger partial charge in [-0.3, -0.25) is 10.00 Å². The fourth-order valence-corrected chi connectivity index (χ4v) is 2.36. The van der Waals surface area contributed by atoms with E-state index in [1.54, 1.807) is 11.7 Å². The number of para-hydroxylation sites is 1. The molecular formula is C13H14F3N3. The summed E-state index contributed by atoms with van der Waals surface area (Å²) >= 11 is 0. The van der Waals surface area contributed by atoms with E-state index in [1.807, 2.05) is 24.3 Å². The third-order valence-electron chi connectivity index (χ3n) is 3.72. The number of halogens is 3. The van der Waals surface area contributed by atoms with Gasteiger partial charge in [-0.25, -0.2) is 0 Å². The maximum absolute atomic E-state index is 12.8. The molecule has 0 bridgehead atoms. The molecule has 0 spiro atoms. The molecule has 1 aromatic carbocycles. The summed E-state index contributed by atoms with van der Waals surface area (Å²) in [4.78, 5) is 0. The highest BCUT2D eigenvalue weighted by Gasteiger charge is 2.63. The van der Waals surface area contributed by atoms with Crippen LogP contribution in [0.15, 0.2) is 24.3 Å². The van der Waals surface area contributed by atoms with Gasteiger partial charge in [-0.05, 0) is 18.9 Å². The third kappa shape index (κ3) is 2.00. The maximum atomic E-state index is 12.8. The van der Waals surface area contributed by atoms with Gasteiger partial charge in [0.1, 0.15) is 5.54 Å². The van der Waals surface area contributed by atoms with Crippen molar-refractivity contribution >= 4 is 10.9 Å². The van der Waals surface area contributed by atoms with Crippen LogP contribution in [-0.4, -0.2) is 21.5 Å². The van der Waals surface area contributed by atoms with E-state index in [4.69, 9.17) is 0 Å². The fraction of sp³-hybridized carbons (Fsp3) is 0.462.